The number of carbonyl (C=O) groups excluding carboxylic acids is 1. The SMILES string of the molecule is Cc1ccc(Cc2c(C)nc(C)nc2N2CCN(C(=O)c3ccc(Cl)cc3)CC2)cc1. The summed E-state index contributed by atoms with van der Waals surface area (Å²) < 4.78 is 0. The summed E-state index contributed by atoms with van der Waals surface area (Å²) in [5.41, 5.74) is 5.35. The van der Waals surface area contributed by atoms with Crippen LogP contribution in [0.4, 0.5) is 5.82 Å². The quantitative estimate of drug-likeness (QED) is 0.601. The van der Waals surface area contributed by atoms with E-state index >= 15 is 0 Å². The van der Waals surface area contributed by atoms with Crippen molar-refractivity contribution in [3.8, 4) is 0 Å². The molecule has 0 bridgehead atoms. The molecule has 1 fully saturated rings. The van der Waals surface area contributed by atoms with Crippen molar-refractivity contribution in [1.29, 1.82) is 0 Å². The van der Waals surface area contributed by atoms with Gasteiger partial charge in [-0.1, -0.05) is 41.4 Å². The molecule has 1 aromatic heterocycles. The molecule has 3 aromatic rings. The molecule has 4 rings (SSSR count). The second kappa shape index (κ2) is 9.06. The second-order valence-corrected chi connectivity index (χ2v) is 8.54. The number of aryl methyl sites for hydroxylation is 3. The number of hydrogen-bond acceptors (Lipinski definition) is 4. The average Bonchev–Trinajstić information content (AvgIpc) is 2.77. The predicted octanol–water partition coefficient (Wildman–Crippen LogP) is 4.61. The predicted molar refractivity (Wildman–Crippen MR) is 125 cm³/mol. The third-order valence-corrected chi connectivity index (χ3v) is 6.01. The van der Waals surface area contributed by atoms with Gasteiger partial charge in [0.1, 0.15) is 11.6 Å². The molecule has 160 valence electrons. The summed E-state index contributed by atoms with van der Waals surface area (Å²) in [7, 11) is 0. The van der Waals surface area contributed by atoms with E-state index in [4.69, 9.17) is 16.6 Å². The van der Waals surface area contributed by atoms with E-state index in [0.29, 0.717) is 23.7 Å². The summed E-state index contributed by atoms with van der Waals surface area (Å²) in [5.74, 6) is 1.82. The average molecular weight is 435 g/mol. The molecule has 6 heteroatoms. The lowest BCUT2D eigenvalue weighted by Gasteiger charge is -2.36. The first-order valence-electron chi connectivity index (χ1n) is 10.6. The maximum atomic E-state index is 12.8. The van der Waals surface area contributed by atoms with Gasteiger partial charge in [0.15, 0.2) is 0 Å². The molecule has 0 spiro atoms. The lowest BCUT2D eigenvalue weighted by Crippen LogP contribution is -2.49. The van der Waals surface area contributed by atoms with Crippen molar-refractivity contribution < 1.29 is 4.79 Å². The minimum Gasteiger partial charge on any atom is -0.353 e. The third-order valence-electron chi connectivity index (χ3n) is 5.76. The largest absolute Gasteiger partial charge is 0.353 e. The summed E-state index contributed by atoms with van der Waals surface area (Å²) in [6.07, 6.45) is 0.797. The van der Waals surface area contributed by atoms with Crippen LogP contribution in [0, 0.1) is 20.8 Å². The van der Waals surface area contributed by atoms with Gasteiger partial charge < -0.3 is 9.80 Å². The first-order valence-corrected chi connectivity index (χ1v) is 11.0. The van der Waals surface area contributed by atoms with Crippen molar-refractivity contribution in [2.75, 3.05) is 31.1 Å². The molecule has 31 heavy (non-hydrogen) atoms. The number of amides is 1. The van der Waals surface area contributed by atoms with E-state index in [2.05, 4.69) is 48.0 Å². The zero-order chi connectivity index (χ0) is 22.0. The summed E-state index contributed by atoms with van der Waals surface area (Å²) in [6.45, 7) is 8.90. The van der Waals surface area contributed by atoms with E-state index in [0.717, 1.165) is 42.4 Å². The Labute approximate surface area is 188 Å². The molecule has 5 nitrogen and oxygen atoms in total. The van der Waals surface area contributed by atoms with Crippen LogP contribution in [-0.4, -0.2) is 47.0 Å². The number of rotatable bonds is 4. The van der Waals surface area contributed by atoms with Crippen molar-refractivity contribution in [3.05, 3.63) is 87.3 Å². The molecular weight excluding hydrogens is 408 g/mol. The Hall–Kier alpha value is -2.92. The smallest absolute Gasteiger partial charge is 0.253 e. The Bertz CT molecular complexity index is 1070. The van der Waals surface area contributed by atoms with Crippen LogP contribution in [0.5, 0.6) is 0 Å². The zero-order valence-electron chi connectivity index (χ0n) is 18.2. The number of aromatic nitrogens is 2. The highest BCUT2D eigenvalue weighted by Gasteiger charge is 2.25. The van der Waals surface area contributed by atoms with Crippen LogP contribution >= 0.6 is 11.6 Å². The fourth-order valence-corrected chi connectivity index (χ4v) is 4.12. The molecule has 0 aliphatic carbocycles. The molecule has 0 unspecified atom stereocenters. The Balaban J connectivity index is 1.51. The van der Waals surface area contributed by atoms with E-state index in [-0.39, 0.29) is 5.91 Å². The Morgan fingerprint density at radius 3 is 2.19 bits per heavy atom. The van der Waals surface area contributed by atoms with Gasteiger partial charge in [0.25, 0.3) is 5.91 Å². The molecule has 0 radical (unpaired) electrons. The molecule has 2 heterocycles. The first-order chi connectivity index (χ1) is 14.9. The van der Waals surface area contributed by atoms with Gasteiger partial charge in [-0.15, -0.1) is 0 Å². The Morgan fingerprint density at radius 2 is 1.55 bits per heavy atom. The summed E-state index contributed by atoms with van der Waals surface area (Å²) in [6, 6.07) is 15.7. The number of benzene rings is 2. The molecule has 0 saturated carbocycles. The monoisotopic (exact) mass is 434 g/mol. The highest BCUT2D eigenvalue weighted by atomic mass is 35.5. The summed E-state index contributed by atoms with van der Waals surface area (Å²) in [5, 5.41) is 0.636. The van der Waals surface area contributed by atoms with Crippen molar-refractivity contribution >= 4 is 23.3 Å². The Morgan fingerprint density at radius 1 is 0.903 bits per heavy atom. The topological polar surface area (TPSA) is 49.3 Å². The van der Waals surface area contributed by atoms with Crippen LogP contribution in [0.25, 0.3) is 0 Å². The minimum atomic E-state index is 0.0474. The zero-order valence-corrected chi connectivity index (χ0v) is 19.0. The van der Waals surface area contributed by atoms with Crippen LogP contribution in [0.1, 0.15) is 38.6 Å². The maximum absolute atomic E-state index is 12.8. The van der Waals surface area contributed by atoms with E-state index in [1.807, 2.05) is 11.8 Å². The van der Waals surface area contributed by atoms with Gasteiger partial charge in [-0.2, -0.15) is 0 Å². The van der Waals surface area contributed by atoms with Crippen molar-refractivity contribution in [1.82, 2.24) is 14.9 Å². The normalized spacial score (nSPS) is 14.1. The van der Waals surface area contributed by atoms with E-state index < -0.39 is 0 Å². The second-order valence-electron chi connectivity index (χ2n) is 8.11. The van der Waals surface area contributed by atoms with Gasteiger partial charge in [-0.3, -0.25) is 4.79 Å². The number of halogens is 1. The molecule has 0 atom stereocenters. The minimum absolute atomic E-state index is 0.0474. The van der Waals surface area contributed by atoms with Crippen LogP contribution in [0.3, 0.4) is 0 Å². The fraction of sp³-hybridized carbons (Fsp3) is 0.320. The lowest BCUT2D eigenvalue weighted by atomic mass is 10.0. The molecule has 1 amide bonds. The van der Waals surface area contributed by atoms with Gasteiger partial charge in [0, 0.05) is 54.4 Å². The van der Waals surface area contributed by atoms with Gasteiger partial charge in [0.05, 0.1) is 0 Å². The number of hydrogen-bond donors (Lipinski definition) is 0. The number of nitrogens with zero attached hydrogens (tertiary/aromatic N) is 4. The van der Waals surface area contributed by atoms with Crippen LogP contribution in [0.15, 0.2) is 48.5 Å². The summed E-state index contributed by atoms with van der Waals surface area (Å²) in [4.78, 5) is 26.5. The molecule has 1 aliphatic heterocycles. The maximum Gasteiger partial charge on any atom is 0.253 e. The van der Waals surface area contributed by atoms with Crippen molar-refractivity contribution in [2.24, 2.45) is 0 Å². The first kappa shape index (κ1) is 21.3. The van der Waals surface area contributed by atoms with Crippen molar-refractivity contribution in [2.45, 2.75) is 27.2 Å². The molecule has 1 aliphatic rings. The molecule has 1 saturated heterocycles. The van der Waals surface area contributed by atoms with Crippen LogP contribution in [0.2, 0.25) is 5.02 Å². The van der Waals surface area contributed by atoms with Crippen LogP contribution < -0.4 is 4.90 Å². The number of piperazine rings is 1. The van der Waals surface area contributed by atoms with Gasteiger partial charge in [0.2, 0.25) is 0 Å². The lowest BCUT2D eigenvalue weighted by molar-refractivity contribution is 0.0746. The number of carbonyl (C=O) groups is 1. The Kier molecular flexibility index (Phi) is 6.23. The number of anilines is 1. The highest BCUT2D eigenvalue weighted by molar-refractivity contribution is 6.30. The standard InChI is InChI=1S/C25H27ClN4O/c1-17-4-6-20(7-5-17)16-23-18(2)27-19(3)28-24(23)29-12-14-30(15-13-29)25(31)21-8-10-22(26)11-9-21/h4-11H,12-16H2,1-3H3. The third kappa shape index (κ3) is 4.88. The van der Waals surface area contributed by atoms with Gasteiger partial charge >= 0.3 is 0 Å². The molecule has 0 N–H and O–H groups in total. The van der Waals surface area contributed by atoms with E-state index in [1.54, 1.807) is 24.3 Å². The van der Waals surface area contributed by atoms with E-state index in [1.165, 1.54) is 11.1 Å². The summed E-state index contributed by atoms with van der Waals surface area (Å²) >= 11 is 5.95. The van der Waals surface area contributed by atoms with Gasteiger partial charge in [-0.25, -0.2) is 9.97 Å². The van der Waals surface area contributed by atoms with Gasteiger partial charge in [-0.05, 0) is 50.6 Å². The fourth-order valence-electron chi connectivity index (χ4n) is 3.99. The van der Waals surface area contributed by atoms with Crippen molar-refractivity contribution in [3.63, 3.8) is 0 Å². The van der Waals surface area contributed by atoms with Crippen LogP contribution in [-0.2, 0) is 6.42 Å². The molecular formula is C25H27ClN4O. The van der Waals surface area contributed by atoms with E-state index in [9.17, 15) is 4.79 Å². The molecule has 2 aromatic carbocycles. The highest BCUT2D eigenvalue weighted by Crippen LogP contribution is 2.25.